The average Bonchev–Trinajstić information content (AvgIpc) is 3.09. The zero-order chi connectivity index (χ0) is 15.2. The fraction of sp³-hybridized carbons (Fsp3) is 0.375. The summed E-state index contributed by atoms with van der Waals surface area (Å²) >= 11 is 0. The van der Waals surface area contributed by atoms with E-state index in [1.54, 1.807) is 6.20 Å². The van der Waals surface area contributed by atoms with Gasteiger partial charge in [-0.2, -0.15) is 0 Å². The summed E-state index contributed by atoms with van der Waals surface area (Å²) < 4.78 is 5.35. The third kappa shape index (κ3) is 3.65. The Bertz CT molecular complexity index is 606. The number of H-pyrrole nitrogens is 1. The van der Waals surface area contributed by atoms with E-state index in [9.17, 15) is 4.79 Å². The van der Waals surface area contributed by atoms with E-state index in [4.69, 9.17) is 4.74 Å². The van der Waals surface area contributed by atoms with Crippen molar-refractivity contribution in [2.24, 2.45) is 0 Å². The number of aromatic amines is 1. The Labute approximate surface area is 129 Å². The number of pyridine rings is 1. The first-order chi connectivity index (χ1) is 10.8. The normalized spacial score (nSPS) is 14.8. The van der Waals surface area contributed by atoms with Crippen molar-refractivity contribution >= 4 is 11.6 Å². The van der Waals surface area contributed by atoms with Gasteiger partial charge in [0.15, 0.2) is 0 Å². The Hall–Kier alpha value is -2.34. The number of nitrogens with one attached hydrogen (secondary N) is 2. The molecule has 0 aliphatic carbocycles. The number of hydrogen-bond acceptors (Lipinski definition) is 4. The predicted octanol–water partition coefficient (Wildman–Crippen LogP) is 1.22. The number of ether oxygens (including phenoxy) is 1. The van der Waals surface area contributed by atoms with E-state index in [0.29, 0.717) is 12.2 Å². The summed E-state index contributed by atoms with van der Waals surface area (Å²) in [7, 11) is 0. The molecule has 0 aromatic carbocycles. The number of amides is 1. The molecule has 6 nitrogen and oxygen atoms in total. The van der Waals surface area contributed by atoms with Crippen molar-refractivity contribution in [1.29, 1.82) is 0 Å². The lowest BCUT2D eigenvalue weighted by atomic mass is 10.2. The van der Waals surface area contributed by atoms with Crippen LogP contribution in [0.3, 0.4) is 0 Å². The number of carbonyl (C=O) groups excluding carboxylic acids is 1. The summed E-state index contributed by atoms with van der Waals surface area (Å²) in [6.07, 6.45) is 4.34. The minimum Gasteiger partial charge on any atom is -0.378 e. The maximum absolute atomic E-state index is 12.2. The molecular weight excluding hydrogens is 280 g/mol. The van der Waals surface area contributed by atoms with E-state index in [1.165, 1.54) is 0 Å². The number of aromatic nitrogens is 2. The van der Waals surface area contributed by atoms with Crippen molar-refractivity contribution in [3.05, 3.63) is 48.0 Å². The van der Waals surface area contributed by atoms with E-state index in [2.05, 4.69) is 20.2 Å². The molecule has 1 fully saturated rings. The third-order valence-corrected chi connectivity index (χ3v) is 3.69. The zero-order valence-electron chi connectivity index (χ0n) is 12.4. The van der Waals surface area contributed by atoms with E-state index in [0.717, 1.165) is 44.1 Å². The van der Waals surface area contributed by atoms with Crippen LogP contribution in [0.1, 0.15) is 16.2 Å². The summed E-state index contributed by atoms with van der Waals surface area (Å²) in [6, 6.07) is 7.73. The molecule has 1 aliphatic rings. The molecule has 3 rings (SSSR count). The Morgan fingerprint density at radius 3 is 3.00 bits per heavy atom. The Morgan fingerprint density at radius 2 is 2.23 bits per heavy atom. The summed E-state index contributed by atoms with van der Waals surface area (Å²) in [5.41, 5.74) is 2.58. The average molecular weight is 300 g/mol. The van der Waals surface area contributed by atoms with Crippen LogP contribution in [-0.4, -0.2) is 48.7 Å². The fourth-order valence-corrected chi connectivity index (χ4v) is 2.49. The van der Waals surface area contributed by atoms with Crippen molar-refractivity contribution in [3.63, 3.8) is 0 Å². The summed E-state index contributed by atoms with van der Waals surface area (Å²) in [5, 5.41) is 2.90. The first-order valence-corrected chi connectivity index (χ1v) is 7.52. The topological polar surface area (TPSA) is 70.2 Å². The lowest BCUT2D eigenvalue weighted by molar-refractivity contribution is 0.0949. The van der Waals surface area contributed by atoms with Gasteiger partial charge in [0, 0.05) is 49.8 Å². The van der Waals surface area contributed by atoms with Crippen LogP contribution < -0.4 is 10.2 Å². The zero-order valence-corrected chi connectivity index (χ0v) is 12.4. The van der Waals surface area contributed by atoms with E-state index in [1.807, 2.05) is 30.5 Å². The van der Waals surface area contributed by atoms with E-state index >= 15 is 0 Å². The van der Waals surface area contributed by atoms with Gasteiger partial charge in [0.1, 0.15) is 5.69 Å². The van der Waals surface area contributed by atoms with Crippen molar-refractivity contribution in [2.45, 2.75) is 6.42 Å². The van der Waals surface area contributed by atoms with Crippen LogP contribution in [0.5, 0.6) is 0 Å². The van der Waals surface area contributed by atoms with Crippen LogP contribution in [0.15, 0.2) is 36.7 Å². The van der Waals surface area contributed by atoms with Gasteiger partial charge in [0.25, 0.3) is 5.91 Å². The van der Waals surface area contributed by atoms with Gasteiger partial charge in [-0.25, -0.2) is 0 Å². The molecule has 0 unspecified atom stereocenters. The van der Waals surface area contributed by atoms with E-state index in [-0.39, 0.29) is 5.91 Å². The summed E-state index contributed by atoms with van der Waals surface area (Å²) in [4.78, 5) is 21.7. The minimum atomic E-state index is -0.137. The quantitative estimate of drug-likeness (QED) is 0.871. The third-order valence-electron chi connectivity index (χ3n) is 3.69. The fourth-order valence-electron chi connectivity index (χ4n) is 2.49. The smallest absolute Gasteiger partial charge is 0.269 e. The Morgan fingerprint density at radius 1 is 1.36 bits per heavy atom. The second-order valence-corrected chi connectivity index (χ2v) is 5.20. The number of carbonyl (C=O) groups is 1. The highest BCUT2D eigenvalue weighted by Gasteiger charge is 2.14. The first kappa shape index (κ1) is 14.6. The lowest BCUT2D eigenvalue weighted by Crippen LogP contribution is -2.36. The van der Waals surface area contributed by atoms with Crippen LogP contribution in [0.25, 0.3) is 0 Å². The number of morpholine rings is 1. The first-order valence-electron chi connectivity index (χ1n) is 7.52. The Kier molecular flexibility index (Phi) is 4.70. The van der Waals surface area contributed by atoms with Gasteiger partial charge in [-0.3, -0.25) is 9.78 Å². The number of hydrogen-bond donors (Lipinski definition) is 2. The van der Waals surface area contributed by atoms with Gasteiger partial charge >= 0.3 is 0 Å². The molecule has 3 heterocycles. The van der Waals surface area contributed by atoms with Gasteiger partial charge in [0.05, 0.1) is 13.2 Å². The van der Waals surface area contributed by atoms with Crippen LogP contribution in [-0.2, 0) is 11.2 Å². The molecule has 0 spiro atoms. The van der Waals surface area contributed by atoms with E-state index < -0.39 is 0 Å². The molecule has 1 saturated heterocycles. The summed E-state index contributed by atoms with van der Waals surface area (Å²) in [5.74, 6) is -0.137. The molecular formula is C16H20N4O2. The van der Waals surface area contributed by atoms with Crippen LogP contribution in [0.4, 0.5) is 5.69 Å². The molecule has 2 aromatic heterocycles. The highest BCUT2D eigenvalue weighted by atomic mass is 16.5. The largest absolute Gasteiger partial charge is 0.378 e. The molecule has 2 aromatic rings. The molecule has 116 valence electrons. The SMILES string of the molecule is O=C(NCCc1ccc[nH]1)c1cc(N2CCOCC2)ccn1. The second kappa shape index (κ2) is 7.09. The highest BCUT2D eigenvalue weighted by Crippen LogP contribution is 2.15. The van der Waals surface area contributed by atoms with Gasteiger partial charge in [-0.05, 0) is 24.3 Å². The molecule has 1 amide bonds. The number of nitrogens with zero attached hydrogens (tertiary/aromatic N) is 2. The highest BCUT2D eigenvalue weighted by molar-refractivity contribution is 5.93. The molecule has 1 aliphatic heterocycles. The molecule has 6 heteroatoms. The van der Waals surface area contributed by atoms with Crippen molar-refractivity contribution < 1.29 is 9.53 Å². The molecule has 0 atom stereocenters. The predicted molar refractivity (Wildman–Crippen MR) is 84.1 cm³/mol. The van der Waals surface area contributed by atoms with Gasteiger partial charge in [-0.15, -0.1) is 0 Å². The maximum atomic E-state index is 12.2. The number of rotatable bonds is 5. The molecule has 0 bridgehead atoms. The lowest BCUT2D eigenvalue weighted by Gasteiger charge is -2.28. The minimum absolute atomic E-state index is 0.137. The maximum Gasteiger partial charge on any atom is 0.269 e. The summed E-state index contributed by atoms with van der Waals surface area (Å²) in [6.45, 7) is 3.72. The molecule has 2 N–H and O–H groups in total. The molecule has 0 saturated carbocycles. The van der Waals surface area contributed by atoms with Crippen molar-refractivity contribution in [1.82, 2.24) is 15.3 Å². The molecule has 0 radical (unpaired) electrons. The Balaban J connectivity index is 1.57. The van der Waals surface area contributed by atoms with Crippen LogP contribution in [0, 0.1) is 0 Å². The van der Waals surface area contributed by atoms with Crippen LogP contribution in [0.2, 0.25) is 0 Å². The van der Waals surface area contributed by atoms with Gasteiger partial charge in [0.2, 0.25) is 0 Å². The van der Waals surface area contributed by atoms with Crippen molar-refractivity contribution in [2.75, 3.05) is 37.7 Å². The number of anilines is 1. The van der Waals surface area contributed by atoms with Gasteiger partial charge in [-0.1, -0.05) is 0 Å². The molecule has 22 heavy (non-hydrogen) atoms. The standard InChI is InChI=1S/C16H20N4O2/c21-16(19-6-3-13-2-1-5-17-13)15-12-14(4-7-18-15)20-8-10-22-11-9-20/h1-2,4-5,7,12,17H,3,6,8-11H2,(H,19,21). The van der Waals surface area contributed by atoms with Crippen molar-refractivity contribution in [3.8, 4) is 0 Å². The van der Waals surface area contributed by atoms with Crippen LogP contribution >= 0.6 is 0 Å². The second-order valence-electron chi connectivity index (χ2n) is 5.20. The van der Waals surface area contributed by atoms with Gasteiger partial charge < -0.3 is 19.9 Å². The monoisotopic (exact) mass is 300 g/mol.